The summed E-state index contributed by atoms with van der Waals surface area (Å²) >= 11 is 0. The van der Waals surface area contributed by atoms with Crippen LogP contribution in [-0.2, 0) is 14.3 Å². The van der Waals surface area contributed by atoms with E-state index in [-0.39, 0.29) is 11.3 Å². The molecule has 2 heterocycles. The summed E-state index contributed by atoms with van der Waals surface area (Å²) in [6.45, 7) is 6.35. The number of nitrogens with zero attached hydrogens (tertiary/aromatic N) is 2. The molecule has 0 bridgehead atoms. The summed E-state index contributed by atoms with van der Waals surface area (Å²) in [5.41, 5.74) is 1.12. The van der Waals surface area contributed by atoms with E-state index >= 15 is 0 Å². The van der Waals surface area contributed by atoms with Crippen LogP contribution in [0.2, 0.25) is 0 Å². The van der Waals surface area contributed by atoms with Crippen LogP contribution in [0, 0.1) is 0 Å². The number of morpholine rings is 1. The monoisotopic (exact) mass is 524 g/mol. The molecule has 1 unspecified atom stereocenters. The minimum Gasteiger partial charge on any atom is -0.507 e. The predicted octanol–water partition coefficient (Wildman–Crippen LogP) is 3.64. The third-order valence-corrected chi connectivity index (χ3v) is 6.92. The lowest BCUT2D eigenvalue weighted by Gasteiger charge is -2.31. The number of carbonyl (C=O) groups is 2. The summed E-state index contributed by atoms with van der Waals surface area (Å²) in [7, 11) is 3.11. The normalized spacial score (nSPS) is 19.6. The van der Waals surface area contributed by atoms with Crippen molar-refractivity contribution < 1.29 is 33.6 Å². The summed E-state index contributed by atoms with van der Waals surface area (Å²) < 4.78 is 22.1. The van der Waals surface area contributed by atoms with Gasteiger partial charge in [0.1, 0.15) is 11.5 Å². The summed E-state index contributed by atoms with van der Waals surface area (Å²) in [4.78, 5) is 30.4. The van der Waals surface area contributed by atoms with E-state index in [0.29, 0.717) is 61.3 Å². The van der Waals surface area contributed by atoms with Gasteiger partial charge in [-0.25, -0.2) is 0 Å². The third-order valence-electron chi connectivity index (χ3n) is 6.92. The molecule has 204 valence electrons. The van der Waals surface area contributed by atoms with Crippen molar-refractivity contribution >= 4 is 17.4 Å². The van der Waals surface area contributed by atoms with E-state index in [1.54, 1.807) is 55.5 Å². The summed E-state index contributed by atoms with van der Waals surface area (Å²) in [5.74, 6) is 0.125. The molecule has 1 amide bonds. The highest BCUT2D eigenvalue weighted by Crippen LogP contribution is 2.42. The lowest BCUT2D eigenvalue weighted by Crippen LogP contribution is -2.42. The lowest BCUT2D eigenvalue weighted by atomic mass is 9.95. The molecule has 38 heavy (non-hydrogen) atoms. The predicted molar refractivity (Wildman–Crippen MR) is 143 cm³/mol. The molecule has 0 radical (unpaired) electrons. The molecule has 9 heteroatoms. The van der Waals surface area contributed by atoms with Gasteiger partial charge in [0.15, 0.2) is 11.5 Å². The van der Waals surface area contributed by atoms with Gasteiger partial charge < -0.3 is 29.0 Å². The zero-order valence-electron chi connectivity index (χ0n) is 22.3. The van der Waals surface area contributed by atoms with Crippen LogP contribution in [0.1, 0.15) is 36.9 Å². The molecular weight excluding hydrogens is 488 g/mol. The lowest BCUT2D eigenvalue weighted by molar-refractivity contribution is -0.140. The quantitative estimate of drug-likeness (QED) is 0.206. The fourth-order valence-electron chi connectivity index (χ4n) is 4.74. The first-order valence-electron chi connectivity index (χ1n) is 13.0. The Bertz CT molecular complexity index is 1160. The average molecular weight is 525 g/mol. The first-order chi connectivity index (χ1) is 18.5. The van der Waals surface area contributed by atoms with Gasteiger partial charge in [-0.1, -0.05) is 19.4 Å². The van der Waals surface area contributed by atoms with E-state index in [0.717, 1.165) is 25.9 Å². The number of unbranched alkanes of at least 4 members (excludes halogenated alkanes) is 1. The first-order valence-corrected chi connectivity index (χ1v) is 13.0. The number of hydrogen-bond donors (Lipinski definition) is 1. The second kappa shape index (κ2) is 12.8. The minimum absolute atomic E-state index is 0.0452. The van der Waals surface area contributed by atoms with Crippen LogP contribution in [0.5, 0.6) is 17.2 Å². The SMILES string of the molecule is CCCCOc1ccc(C2C(=C(O)c3ccc(OC)cc3)C(=O)C(=O)N2CCN2CCOCC2)cc1OC. The minimum atomic E-state index is -0.781. The average Bonchev–Trinajstić information content (AvgIpc) is 3.21. The fraction of sp³-hybridized carbons (Fsp3) is 0.448. The second-order valence-electron chi connectivity index (χ2n) is 9.29. The number of Topliss-reactive ketones (excluding diaryl/α,β-unsaturated/α-hetero) is 1. The van der Waals surface area contributed by atoms with Gasteiger partial charge in [0.2, 0.25) is 0 Å². The van der Waals surface area contributed by atoms with Crippen molar-refractivity contribution in [2.75, 3.05) is 60.2 Å². The molecule has 2 aliphatic rings. The van der Waals surface area contributed by atoms with Gasteiger partial charge in [0.25, 0.3) is 11.7 Å². The number of rotatable bonds is 11. The van der Waals surface area contributed by atoms with Crippen LogP contribution in [0.4, 0.5) is 0 Å². The van der Waals surface area contributed by atoms with Crippen molar-refractivity contribution in [1.29, 1.82) is 0 Å². The van der Waals surface area contributed by atoms with Crippen molar-refractivity contribution in [2.45, 2.75) is 25.8 Å². The third kappa shape index (κ3) is 5.95. The van der Waals surface area contributed by atoms with Gasteiger partial charge in [-0.2, -0.15) is 0 Å². The van der Waals surface area contributed by atoms with Gasteiger partial charge in [0.05, 0.1) is 45.7 Å². The van der Waals surface area contributed by atoms with E-state index in [1.807, 2.05) is 6.07 Å². The maximum absolute atomic E-state index is 13.4. The Morgan fingerprint density at radius 3 is 2.39 bits per heavy atom. The van der Waals surface area contributed by atoms with Crippen LogP contribution in [-0.4, -0.2) is 86.8 Å². The van der Waals surface area contributed by atoms with Crippen LogP contribution in [0.3, 0.4) is 0 Å². The first kappa shape index (κ1) is 27.5. The number of carbonyl (C=O) groups excluding carboxylic acids is 2. The van der Waals surface area contributed by atoms with E-state index in [9.17, 15) is 14.7 Å². The second-order valence-corrected chi connectivity index (χ2v) is 9.29. The number of likely N-dealkylation sites (tertiary alicyclic amines) is 1. The summed E-state index contributed by atoms with van der Waals surface area (Å²) in [6.07, 6.45) is 1.91. The molecule has 2 saturated heterocycles. The van der Waals surface area contributed by atoms with E-state index in [2.05, 4.69) is 11.8 Å². The van der Waals surface area contributed by atoms with Gasteiger partial charge in [-0.15, -0.1) is 0 Å². The van der Waals surface area contributed by atoms with Crippen LogP contribution >= 0.6 is 0 Å². The molecule has 2 fully saturated rings. The number of ether oxygens (including phenoxy) is 4. The van der Waals surface area contributed by atoms with Crippen molar-refractivity contribution in [3.05, 3.63) is 59.2 Å². The maximum atomic E-state index is 13.4. The highest BCUT2D eigenvalue weighted by atomic mass is 16.5. The van der Waals surface area contributed by atoms with Crippen molar-refractivity contribution in [1.82, 2.24) is 9.80 Å². The number of aliphatic hydroxyl groups is 1. The Labute approximate surface area is 223 Å². The van der Waals surface area contributed by atoms with E-state index in [4.69, 9.17) is 18.9 Å². The molecule has 1 N–H and O–H groups in total. The largest absolute Gasteiger partial charge is 0.507 e. The molecule has 2 aromatic rings. The van der Waals surface area contributed by atoms with Gasteiger partial charge in [-0.05, 0) is 48.4 Å². The molecule has 0 aliphatic carbocycles. The molecule has 1 atom stereocenters. The topological polar surface area (TPSA) is 97.8 Å². The number of hydrogen-bond acceptors (Lipinski definition) is 8. The Morgan fingerprint density at radius 2 is 1.74 bits per heavy atom. The molecule has 4 rings (SSSR count). The van der Waals surface area contributed by atoms with Crippen molar-refractivity contribution in [2.24, 2.45) is 0 Å². The smallest absolute Gasteiger partial charge is 0.295 e. The van der Waals surface area contributed by atoms with Gasteiger partial charge >= 0.3 is 0 Å². The van der Waals surface area contributed by atoms with E-state index in [1.165, 1.54) is 0 Å². The van der Waals surface area contributed by atoms with Crippen molar-refractivity contribution in [3.8, 4) is 17.2 Å². The van der Waals surface area contributed by atoms with Crippen LogP contribution in [0.25, 0.3) is 5.76 Å². The maximum Gasteiger partial charge on any atom is 0.295 e. The number of methoxy groups -OCH3 is 2. The molecule has 0 spiro atoms. The molecular formula is C29H36N2O7. The zero-order chi connectivity index (χ0) is 27.1. The number of amides is 1. The molecule has 2 aromatic carbocycles. The van der Waals surface area contributed by atoms with Crippen LogP contribution < -0.4 is 14.2 Å². The van der Waals surface area contributed by atoms with Gasteiger partial charge in [-0.3, -0.25) is 14.5 Å². The molecule has 0 saturated carbocycles. The summed E-state index contributed by atoms with van der Waals surface area (Å²) in [5, 5.41) is 11.3. The Hall–Kier alpha value is -3.56. The number of aliphatic hydroxyl groups excluding tert-OH is 1. The number of ketones is 1. The Balaban J connectivity index is 1.73. The fourth-order valence-corrected chi connectivity index (χ4v) is 4.74. The van der Waals surface area contributed by atoms with Crippen molar-refractivity contribution in [3.63, 3.8) is 0 Å². The molecule has 0 aromatic heterocycles. The zero-order valence-corrected chi connectivity index (χ0v) is 22.3. The van der Waals surface area contributed by atoms with Gasteiger partial charge in [0, 0.05) is 31.7 Å². The van der Waals surface area contributed by atoms with E-state index < -0.39 is 17.7 Å². The molecule has 2 aliphatic heterocycles. The standard InChI is InChI=1S/C29H36N2O7/c1-4-5-16-38-23-11-8-21(19-24(23)36-3)26-25(27(32)20-6-9-22(35-2)10-7-20)28(33)29(34)31(26)13-12-30-14-17-37-18-15-30/h6-11,19,26,32H,4-5,12-18H2,1-3H3. The number of benzene rings is 2. The van der Waals surface area contributed by atoms with Crippen LogP contribution in [0.15, 0.2) is 48.0 Å². The molecule has 9 nitrogen and oxygen atoms in total. The summed E-state index contributed by atoms with van der Waals surface area (Å²) in [6, 6.07) is 11.3. The highest BCUT2D eigenvalue weighted by molar-refractivity contribution is 6.46. The Morgan fingerprint density at radius 1 is 1.00 bits per heavy atom. The Kier molecular flexibility index (Phi) is 9.25. The highest BCUT2D eigenvalue weighted by Gasteiger charge is 2.46.